The van der Waals surface area contributed by atoms with E-state index in [0.29, 0.717) is 26.0 Å². The van der Waals surface area contributed by atoms with E-state index in [0.717, 1.165) is 0 Å². The number of rotatable bonds is 3. The fourth-order valence-corrected chi connectivity index (χ4v) is 4.14. The maximum absolute atomic E-state index is 13.6. The Labute approximate surface area is 122 Å². The van der Waals surface area contributed by atoms with E-state index in [9.17, 15) is 12.8 Å². The summed E-state index contributed by atoms with van der Waals surface area (Å²) in [5.41, 5.74) is 0. The van der Waals surface area contributed by atoms with Gasteiger partial charge in [0.05, 0.1) is 18.9 Å². The quantitative estimate of drug-likeness (QED) is 0.825. The summed E-state index contributed by atoms with van der Waals surface area (Å²) >= 11 is 0. The fourth-order valence-electron chi connectivity index (χ4n) is 3.02. The number of hydrogen-bond donors (Lipinski definition) is 0. The van der Waals surface area contributed by atoms with Crippen LogP contribution in [-0.2, 0) is 14.8 Å². The zero-order chi connectivity index (χ0) is 15.0. The number of ether oxygens (including phenoxy) is 2. The second kappa shape index (κ2) is 5.51. The summed E-state index contributed by atoms with van der Waals surface area (Å²) < 4.78 is 49.9. The first-order chi connectivity index (χ1) is 9.97. The van der Waals surface area contributed by atoms with Gasteiger partial charge in [0.15, 0.2) is 5.82 Å². The minimum Gasteiger partial charge on any atom is -0.469 e. The molecule has 0 bridgehead atoms. The van der Waals surface area contributed by atoms with Crippen molar-refractivity contribution in [2.24, 2.45) is 0 Å². The second-order valence-corrected chi connectivity index (χ2v) is 7.24. The van der Waals surface area contributed by atoms with E-state index in [1.807, 2.05) is 0 Å². The molecule has 1 aromatic rings. The molecular formula is C13H17FN2O4S. The Morgan fingerprint density at radius 1 is 1.48 bits per heavy atom. The first-order valence-corrected chi connectivity index (χ1v) is 8.67. The molecule has 0 unspecified atom stereocenters. The van der Waals surface area contributed by atoms with Crippen molar-refractivity contribution in [1.29, 1.82) is 0 Å². The highest BCUT2D eigenvalue weighted by Gasteiger charge is 2.47. The normalized spacial score (nSPS) is 30.1. The van der Waals surface area contributed by atoms with Crippen LogP contribution in [0.4, 0.5) is 4.39 Å². The predicted molar refractivity (Wildman–Crippen MR) is 72.9 cm³/mol. The molecule has 0 radical (unpaired) electrons. The summed E-state index contributed by atoms with van der Waals surface area (Å²) in [4.78, 5) is 3.86. The summed E-state index contributed by atoms with van der Waals surface area (Å²) in [5, 5.41) is 0. The summed E-state index contributed by atoms with van der Waals surface area (Å²) in [6.07, 6.45) is 3.13. The monoisotopic (exact) mass is 316 g/mol. The molecule has 1 aliphatic heterocycles. The molecule has 0 amide bonds. The zero-order valence-electron chi connectivity index (χ0n) is 11.6. The zero-order valence-corrected chi connectivity index (χ0v) is 12.4. The molecule has 2 fully saturated rings. The highest BCUT2D eigenvalue weighted by atomic mass is 32.2. The van der Waals surface area contributed by atoms with Gasteiger partial charge in [0.2, 0.25) is 10.0 Å². The van der Waals surface area contributed by atoms with Crippen LogP contribution in [0.15, 0.2) is 18.3 Å². The maximum atomic E-state index is 13.6. The third-order valence-corrected chi connectivity index (χ3v) is 5.20. The molecule has 0 spiro atoms. The lowest BCUT2D eigenvalue weighted by molar-refractivity contribution is -0.0673. The largest absolute Gasteiger partial charge is 0.469 e. The molecule has 2 heterocycles. The standard InChI is InChI=1S/C13H17FN2O4S/c1-21(17,18)16-7-8-19-12-10(16)4-5-11(12)20-13-9(14)3-2-6-15-13/h2-3,6,10-12H,4-5,7-8H2,1H3/t10-,11-,12+/m0/s1. The van der Waals surface area contributed by atoms with Crippen LogP contribution in [0.1, 0.15) is 12.8 Å². The number of hydrogen-bond acceptors (Lipinski definition) is 5. The van der Waals surface area contributed by atoms with Gasteiger partial charge in [0.1, 0.15) is 12.2 Å². The van der Waals surface area contributed by atoms with Gasteiger partial charge in [-0.3, -0.25) is 0 Å². The Morgan fingerprint density at radius 2 is 2.29 bits per heavy atom. The molecule has 1 saturated carbocycles. The number of aromatic nitrogens is 1. The van der Waals surface area contributed by atoms with Gasteiger partial charge in [0, 0.05) is 12.7 Å². The van der Waals surface area contributed by atoms with Gasteiger partial charge in [-0.05, 0) is 25.0 Å². The summed E-state index contributed by atoms with van der Waals surface area (Å²) in [6.45, 7) is 0.670. The van der Waals surface area contributed by atoms with E-state index in [1.54, 1.807) is 0 Å². The van der Waals surface area contributed by atoms with E-state index >= 15 is 0 Å². The molecule has 1 aliphatic carbocycles. The van der Waals surface area contributed by atoms with Crippen molar-refractivity contribution in [3.8, 4) is 5.88 Å². The van der Waals surface area contributed by atoms with Gasteiger partial charge in [0.25, 0.3) is 5.88 Å². The first kappa shape index (κ1) is 14.7. The molecule has 8 heteroatoms. The van der Waals surface area contributed by atoms with Crippen molar-refractivity contribution >= 4 is 10.0 Å². The lowest BCUT2D eigenvalue weighted by Crippen LogP contribution is -2.53. The van der Waals surface area contributed by atoms with Crippen LogP contribution >= 0.6 is 0 Å². The van der Waals surface area contributed by atoms with Crippen LogP contribution in [0.2, 0.25) is 0 Å². The van der Waals surface area contributed by atoms with Crippen LogP contribution in [0.5, 0.6) is 5.88 Å². The summed E-state index contributed by atoms with van der Waals surface area (Å²) in [6, 6.07) is 2.52. The Hall–Kier alpha value is -1.25. The van der Waals surface area contributed by atoms with Gasteiger partial charge < -0.3 is 9.47 Å². The Bertz CT molecular complexity index is 624. The average molecular weight is 316 g/mol. The topological polar surface area (TPSA) is 68.7 Å². The van der Waals surface area contributed by atoms with Gasteiger partial charge in [-0.2, -0.15) is 4.31 Å². The van der Waals surface area contributed by atoms with Crippen molar-refractivity contribution in [1.82, 2.24) is 9.29 Å². The van der Waals surface area contributed by atoms with Gasteiger partial charge in [-0.15, -0.1) is 0 Å². The van der Waals surface area contributed by atoms with Crippen LogP contribution in [0.3, 0.4) is 0 Å². The number of morpholine rings is 1. The van der Waals surface area contributed by atoms with Gasteiger partial charge >= 0.3 is 0 Å². The van der Waals surface area contributed by atoms with Crippen molar-refractivity contribution < 1.29 is 22.3 Å². The molecule has 0 aromatic carbocycles. The highest BCUT2D eigenvalue weighted by molar-refractivity contribution is 7.88. The number of halogens is 1. The van der Waals surface area contributed by atoms with Crippen molar-refractivity contribution in [2.75, 3.05) is 19.4 Å². The van der Waals surface area contributed by atoms with E-state index in [4.69, 9.17) is 9.47 Å². The van der Waals surface area contributed by atoms with Gasteiger partial charge in [-0.25, -0.2) is 17.8 Å². The van der Waals surface area contributed by atoms with E-state index < -0.39 is 15.8 Å². The number of pyridine rings is 1. The van der Waals surface area contributed by atoms with Crippen molar-refractivity contribution in [2.45, 2.75) is 31.1 Å². The Kier molecular flexibility index (Phi) is 3.85. The van der Waals surface area contributed by atoms with Crippen LogP contribution < -0.4 is 4.74 Å². The van der Waals surface area contributed by atoms with Crippen LogP contribution in [-0.4, -0.2) is 55.4 Å². The molecule has 3 atom stereocenters. The summed E-state index contributed by atoms with van der Waals surface area (Å²) in [7, 11) is -3.28. The number of nitrogens with zero attached hydrogens (tertiary/aromatic N) is 2. The van der Waals surface area contributed by atoms with E-state index in [1.165, 1.54) is 28.9 Å². The second-order valence-electron chi connectivity index (χ2n) is 5.30. The highest BCUT2D eigenvalue weighted by Crippen LogP contribution is 2.34. The van der Waals surface area contributed by atoms with Crippen molar-refractivity contribution in [3.63, 3.8) is 0 Å². The molecule has 21 heavy (non-hydrogen) atoms. The van der Waals surface area contributed by atoms with Gasteiger partial charge in [-0.1, -0.05) is 0 Å². The molecule has 3 rings (SSSR count). The minimum atomic E-state index is -3.28. The molecule has 1 aromatic heterocycles. The third kappa shape index (κ3) is 2.88. The third-order valence-electron chi connectivity index (χ3n) is 3.90. The first-order valence-electron chi connectivity index (χ1n) is 6.82. The lowest BCUT2D eigenvalue weighted by atomic mass is 10.1. The molecule has 1 saturated heterocycles. The molecule has 6 nitrogen and oxygen atoms in total. The molecule has 0 N–H and O–H groups in total. The van der Waals surface area contributed by atoms with Crippen LogP contribution in [0.25, 0.3) is 0 Å². The molecule has 2 aliphatic rings. The average Bonchev–Trinajstić information content (AvgIpc) is 2.83. The number of fused-ring (bicyclic) bond motifs is 1. The maximum Gasteiger partial charge on any atom is 0.250 e. The smallest absolute Gasteiger partial charge is 0.250 e. The number of sulfonamides is 1. The Balaban J connectivity index is 1.77. The predicted octanol–water partition coefficient (Wildman–Crippen LogP) is 0.791. The minimum absolute atomic E-state index is 0.0665. The van der Waals surface area contributed by atoms with Crippen LogP contribution in [0, 0.1) is 5.82 Å². The summed E-state index contributed by atoms with van der Waals surface area (Å²) in [5.74, 6) is -0.597. The molecular weight excluding hydrogens is 299 g/mol. The van der Waals surface area contributed by atoms with E-state index in [-0.39, 0.29) is 24.1 Å². The fraction of sp³-hybridized carbons (Fsp3) is 0.615. The lowest BCUT2D eigenvalue weighted by Gasteiger charge is -2.37. The molecule has 116 valence electrons. The SMILES string of the molecule is CS(=O)(=O)N1CCO[C@H]2[C@@H](Oc3ncccc3F)CC[C@@H]21. The van der Waals surface area contributed by atoms with E-state index in [2.05, 4.69) is 4.98 Å². The Morgan fingerprint density at radius 3 is 3.00 bits per heavy atom. The van der Waals surface area contributed by atoms with Crippen molar-refractivity contribution in [3.05, 3.63) is 24.1 Å².